The molecule has 10 nitrogen and oxygen atoms in total. The predicted molar refractivity (Wildman–Crippen MR) is 135 cm³/mol. The van der Waals surface area contributed by atoms with Crippen molar-refractivity contribution >= 4 is 23.4 Å². The highest BCUT2D eigenvalue weighted by atomic mass is 19.1. The van der Waals surface area contributed by atoms with Gasteiger partial charge in [0.05, 0.1) is 32.1 Å². The number of nitrogens with two attached hydrogens (primary N) is 1. The summed E-state index contributed by atoms with van der Waals surface area (Å²) in [5, 5.41) is 0. The number of aromatic nitrogens is 4. The molecule has 188 valence electrons. The Morgan fingerprint density at radius 2 is 1.56 bits per heavy atom. The Kier molecular flexibility index (Phi) is 6.24. The highest BCUT2D eigenvalue weighted by Gasteiger charge is 2.29. The minimum absolute atomic E-state index is 0.224. The molecule has 5 heterocycles. The Balaban J connectivity index is 1.35. The Hall–Kier alpha value is -3.57. The highest BCUT2D eigenvalue weighted by molar-refractivity contribution is 5.72. The van der Waals surface area contributed by atoms with Gasteiger partial charge in [-0.25, -0.2) is 19.3 Å². The molecule has 0 unspecified atom stereocenters. The second kappa shape index (κ2) is 9.82. The highest BCUT2D eigenvalue weighted by Crippen LogP contribution is 2.36. The second-order valence-corrected chi connectivity index (χ2v) is 9.19. The summed E-state index contributed by atoms with van der Waals surface area (Å²) in [7, 11) is 0. The molecule has 0 aliphatic carbocycles. The van der Waals surface area contributed by atoms with Gasteiger partial charge in [0.2, 0.25) is 11.9 Å². The van der Waals surface area contributed by atoms with Crippen molar-refractivity contribution < 1.29 is 13.9 Å². The summed E-state index contributed by atoms with van der Waals surface area (Å²) in [4.78, 5) is 24.8. The Morgan fingerprint density at radius 3 is 2.28 bits per heavy atom. The molecule has 0 spiro atoms. The maximum Gasteiger partial charge on any atom is 0.228 e. The average Bonchev–Trinajstić information content (AvgIpc) is 3.32. The zero-order valence-corrected chi connectivity index (χ0v) is 20.1. The van der Waals surface area contributed by atoms with Gasteiger partial charge < -0.3 is 29.9 Å². The molecular weight excluding hydrogens is 463 g/mol. The maximum atomic E-state index is 14.6. The summed E-state index contributed by atoms with van der Waals surface area (Å²) >= 11 is 0. The van der Waals surface area contributed by atoms with Crippen LogP contribution in [-0.4, -0.2) is 79.1 Å². The summed E-state index contributed by atoms with van der Waals surface area (Å²) in [6.07, 6.45) is 4.19. The van der Waals surface area contributed by atoms with Gasteiger partial charge in [-0.1, -0.05) is 0 Å². The maximum absolute atomic E-state index is 14.6. The van der Waals surface area contributed by atoms with Crippen molar-refractivity contribution in [3.8, 4) is 11.3 Å². The molecule has 2 aromatic heterocycles. The first-order chi connectivity index (χ1) is 17.6. The third-order valence-electron chi connectivity index (χ3n) is 6.84. The summed E-state index contributed by atoms with van der Waals surface area (Å²) in [6.45, 7) is 6.89. The summed E-state index contributed by atoms with van der Waals surface area (Å²) < 4.78 is 25.6. The molecule has 3 aromatic rings. The number of ether oxygens (including phenoxy) is 2. The van der Waals surface area contributed by atoms with E-state index in [9.17, 15) is 4.39 Å². The number of benzene rings is 1. The standard InChI is InChI=1S/C25H29FN8O2/c26-19-11-17(12-20(13-19)32-3-7-35-8-4-32)16-34-2-1-21-22(18-14-28-24(27)29-15-18)30-25(31-23(21)34)33-5-9-36-10-6-33/h11-15H,1-10,16H2,(H2,27,28,29). The number of hydrogen-bond acceptors (Lipinski definition) is 10. The van der Waals surface area contributed by atoms with Crippen molar-refractivity contribution in [2.75, 3.05) is 79.6 Å². The van der Waals surface area contributed by atoms with E-state index in [1.54, 1.807) is 24.5 Å². The third-order valence-corrected chi connectivity index (χ3v) is 6.84. The fraction of sp³-hybridized carbons (Fsp3) is 0.440. The molecule has 36 heavy (non-hydrogen) atoms. The number of anilines is 4. The molecule has 3 aliphatic heterocycles. The smallest absolute Gasteiger partial charge is 0.228 e. The quantitative estimate of drug-likeness (QED) is 0.568. The van der Waals surface area contributed by atoms with Gasteiger partial charge >= 0.3 is 0 Å². The lowest BCUT2D eigenvalue weighted by molar-refractivity contribution is 0.122. The zero-order chi connectivity index (χ0) is 24.5. The van der Waals surface area contributed by atoms with Gasteiger partial charge in [0, 0.05) is 68.5 Å². The lowest BCUT2D eigenvalue weighted by Gasteiger charge is -2.30. The number of nitrogens with zero attached hydrogens (tertiary/aromatic N) is 7. The van der Waals surface area contributed by atoms with Crippen LogP contribution in [0.25, 0.3) is 11.3 Å². The van der Waals surface area contributed by atoms with Crippen LogP contribution in [0, 0.1) is 5.82 Å². The normalized spacial score (nSPS) is 18.0. The SMILES string of the molecule is Nc1ncc(-c2nc(N3CCOCC3)nc3c2CCN3Cc2cc(F)cc(N3CCOCC3)c2)cn1. The van der Waals surface area contributed by atoms with Crippen LogP contribution in [0.4, 0.5) is 27.8 Å². The van der Waals surface area contributed by atoms with Crippen LogP contribution in [0.2, 0.25) is 0 Å². The van der Waals surface area contributed by atoms with E-state index in [-0.39, 0.29) is 11.8 Å². The Bertz CT molecular complexity index is 1230. The minimum atomic E-state index is -0.232. The Labute approximate surface area is 208 Å². The molecule has 1 aromatic carbocycles. The lowest BCUT2D eigenvalue weighted by Crippen LogP contribution is -2.37. The van der Waals surface area contributed by atoms with Crippen molar-refractivity contribution in [1.82, 2.24) is 19.9 Å². The summed E-state index contributed by atoms with van der Waals surface area (Å²) in [6, 6.07) is 5.29. The third kappa shape index (κ3) is 4.63. The number of hydrogen-bond donors (Lipinski definition) is 1. The van der Waals surface area contributed by atoms with Gasteiger partial charge in [-0.3, -0.25) is 0 Å². The summed E-state index contributed by atoms with van der Waals surface area (Å²) in [5.41, 5.74) is 10.2. The van der Waals surface area contributed by atoms with E-state index in [2.05, 4.69) is 30.7 Å². The van der Waals surface area contributed by atoms with E-state index in [0.717, 1.165) is 73.0 Å². The molecule has 2 fully saturated rings. The molecule has 2 N–H and O–H groups in total. The molecule has 11 heteroatoms. The summed E-state index contributed by atoms with van der Waals surface area (Å²) in [5.74, 6) is 1.52. The lowest BCUT2D eigenvalue weighted by atomic mass is 10.1. The topological polar surface area (TPSA) is 106 Å². The van der Waals surface area contributed by atoms with E-state index >= 15 is 0 Å². The largest absolute Gasteiger partial charge is 0.378 e. The van der Waals surface area contributed by atoms with E-state index in [4.69, 9.17) is 25.2 Å². The first kappa shape index (κ1) is 22.9. The van der Waals surface area contributed by atoms with Crippen LogP contribution in [-0.2, 0) is 22.4 Å². The van der Waals surface area contributed by atoms with Crippen molar-refractivity contribution in [2.45, 2.75) is 13.0 Å². The van der Waals surface area contributed by atoms with Crippen molar-refractivity contribution in [1.29, 1.82) is 0 Å². The number of halogens is 1. The van der Waals surface area contributed by atoms with Crippen LogP contribution < -0.4 is 20.4 Å². The minimum Gasteiger partial charge on any atom is -0.378 e. The monoisotopic (exact) mass is 492 g/mol. The second-order valence-electron chi connectivity index (χ2n) is 9.19. The van der Waals surface area contributed by atoms with Crippen LogP contribution >= 0.6 is 0 Å². The van der Waals surface area contributed by atoms with E-state index in [0.29, 0.717) is 38.9 Å². The van der Waals surface area contributed by atoms with Gasteiger partial charge in [-0.15, -0.1) is 0 Å². The van der Waals surface area contributed by atoms with Crippen LogP contribution in [0.15, 0.2) is 30.6 Å². The van der Waals surface area contributed by atoms with Crippen LogP contribution in [0.3, 0.4) is 0 Å². The molecule has 0 bridgehead atoms. The zero-order valence-electron chi connectivity index (χ0n) is 20.1. The van der Waals surface area contributed by atoms with Gasteiger partial charge in [-0.05, 0) is 30.2 Å². The van der Waals surface area contributed by atoms with Gasteiger partial charge in [-0.2, -0.15) is 4.98 Å². The van der Waals surface area contributed by atoms with Crippen molar-refractivity contribution in [2.24, 2.45) is 0 Å². The molecule has 6 rings (SSSR count). The van der Waals surface area contributed by atoms with Crippen molar-refractivity contribution in [3.05, 3.63) is 47.5 Å². The van der Waals surface area contributed by atoms with Crippen LogP contribution in [0.1, 0.15) is 11.1 Å². The molecule has 3 aliphatic rings. The van der Waals surface area contributed by atoms with Crippen molar-refractivity contribution in [3.63, 3.8) is 0 Å². The fourth-order valence-corrected chi connectivity index (χ4v) is 5.01. The predicted octanol–water partition coefficient (Wildman–Crippen LogP) is 1.89. The van der Waals surface area contributed by atoms with E-state index in [1.165, 1.54) is 0 Å². The number of rotatable bonds is 5. The van der Waals surface area contributed by atoms with E-state index < -0.39 is 0 Å². The molecule has 2 saturated heterocycles. The molecule has 0 atom stereocenters. The molecule has 0 radical (unpaired) electrons. The average molecular weight is 493 g/mol. The number of nitrogen functional groups attached to an aromatic ring is 1. The van der Waals surface area contributed by atoms with E-state index in [1.807, 2.05) is 0 Å². The van der Waals surface area contributed by atoms with Gasteiger partial charge in [0.1, 0.15) is 11.6 Å². The molecule has 0 saturated carbocycles. The van der Waals surface area contributed by atoms with Gasteiger partial charge in [0.15, 0.2) is 0 Å². The molecule has 0 amide bonds. The van der Waals surface area contributed by atoms with Crippen LogP contribution in [0.5, 0.6) is 0 Å². The fourth-order valence-electron chi connectivity index (χ4n) is 5.01. The number of morpholine rings is 2. The Morgan fingerprint density at radius 1 is 0.861 bits per heavy atom. The first-order valence-electron chi connectivity index (χ1n) is 12.3. The number of fused-ring (bicyclic) bond motifs is 1. The van der Waals surface area contributed by atoms with Gasteiger partial charge in [0.25, 0.3) is 0 Å². The first-order valence-corrected chi connectivity index (χ1v) is 12.3. The molecular formula is C25H29FN8O2.